The number of hydrogen-bond acceptors (Lipinski definition) is 4. The fourth-order valence-electron chi connectivity index (χ4n) is 1.96. The Morgan fingerprint density at radius 1 is 1.09 bits per heavy atom. The van der Waals surface area contributed by atoms with Gasteiger partial charge in [0.1, 0.15) is 0 Å². The lowest BCUT2D eigenvalue weighted by atomic mass is 10.2. The van der Waals surface area contributed by atoms with Crippen LogP contribution in [0.5, 0.6) is 0 Å². The van der Waals surface area contributed by atoms with E-state index in [9.17, 15) is 13.6 Å². The van der Waals surface area contributed by atoms with Gasteiger partial charge in [-0.25, -0.2) is 8.78 Å². The van der Waals surface area contributed by atoms with E-state index in [-0.39, 0.29) is 17.9 Å². The average Bonchev–Trinajstić information content (AvgIpc) is 3.05. The highest BCUT2D eigenvalue weighted by atomic mass is 19.2. The molecule has 1 heterocycles. The van der Waals surface area contributed by atoms with Crippen molar-refractivity contribution in [3.63, 3.8) is 0 Å². The minimum absolute atomic E-state index is 0.0644. The van der Waals surface area contributed by atoms with E-state index in [1.165, 1.54) is 12.1 Å². The first-order valence-corrected chi connectivity index (χ1v) is 6.75. The lowest BCUT2D eigenvalue weighted by Crippen LogP contribution is -2.24. The van der Waals surface area contributed by atoms with Crippen LogP contribution in [0.2, 0.25) is 0 Å². The molecule has 0 spiro atoms. The molecule has 0 saturated heterocycles. The molecule has 2 aromatic carbocycles. The Kier molecular flexibility index (Phi) is 4.09. The molecule has 1 aromatic heterocycles. The predicted molar refractivity (Wildman–Crippen MR) is 77.3 cm³/mol. The van der Waals surface area contributed by atoms with Crippen LogP contribution in [0.25, 0.3) is 11.5 Å². The van der Waals surface area contributed by atoms with Gasteiger partial charge in [-0.3, -0.25) is 4.79 Å². The molecule has 1 amide bonds. The van der Waals surface area contributed by atoms with E-state index in [0.717, 1.165) is 11.6 Å². The molecule has 0 unspecified atom stereocenters. The van der Waals surface area contributed by atoms with Gasteiger partial charge in [0, 0.05) is 5.56 Å². The Morgan fingerprint density at radius 2 is 1.87 bits per heavy atom. The second-order valence-corrected chi connectivity index (χ2v) is 4.67. The summed E-state index contributed by atoms with van der Waals surface area (Å²) >= 11 is 0. The van der Waals surface area contributed by atoms with Crippen molar-refractivity contribution in [2.45, 2.75) is 6.54 Å². The Bertz CT molecular complexity index is 834. The molecule has 0 radical (unpaired) electrons. The largest absolute Gasteiger partial charge is 0.345 e. The summed E-state index contributed by atoms with van der Waals surface area (Å²) in [5.74, 6) is -2.49. The number of rotatable bonds is 4. The standard InChI is InChI=1S/C16H11F2N3O2/c17-12-8-4-7-11(14(12)18)15(22)19-9-13-20-16(23-21-13)10-5-2-1-3-6-10/h1-8H,9H2,(H,19,22). The predicted octanol–water partition coefficient (Wildman–Crippen LogP) is 2.94. The van der Waals surface area contributed by atoms with E-state index in [2.05, 4.69) is 15.5 Å². The van der Waals surface area contributed by atoms with Gasteiger partial charge in [0.2, 0.25) is 0 Å². The summed E-state index contributed by atoms with van der Waals surface area (Å²) in [6.45, 7) is -0.0644. The molecule has 0 saturated carbocycles. The summed E-state index contributed by atoms with van der Waals surface area (Å²) in [5, 5.41) is 6.15. The van der Waals surface area contributed by atoms with Gasteiger partial charge in [-0.15, -0.1) is 0 Å². The highest BCUT2D eigenvalue weighted by Gasteiger charge is 2.16. The molecule has 23 heavy (non-hydrogen) atoms. The summed E-state index contributed by atoms with van der Waals surface area (Å²) in [6, 6.07) is 12.5. The van der Waals surface area contributed by atoms with Crippen molar-refractivity contribution in [3.05, 3.63) is 71.6 Å². The fraction of sp³-hybridized carbons (Fsp3) is 0.0625. The van der Waals surface area contributed by atoms with Gasteiger partial charge in [0.15, 0.2) is 17.5 Å². The maximum atomic E-state index is 13.5. The SMILES string of the molecule is O=C(NCc1noc(-c2ccccc2)n1)c1cccc(F)c1F. The smallest absolute Gasteiger partial charge is 0.257 e. The van der Waals surface area contributed by atoms with Crippen LogP contribution in [0.1, 0.15) is 16.2 Å². The van der Waals surface area contributed by atoms with Gasteiger partial charge >= 0.3 is 0 Å². The van der Waals surface area contributed by atoms with Crippen molar-refractivity contribution in [2.24, 2.45) is 0 Å². The van der Waals surface area contributed by atoms with E-state index in [4.69, 9.17) is 4.52 Å². The maximum Gasteiger partial charge on any atom is 0.257 e. The van der Waals surface area contributed by atoms with Gasteiger partial charge in [-0.05, 0) is 24.3 Å². The van der Waals surface area contributed by atoms with Crippen LogP contribution >= 0.6 is 0 Å². The number of nitrogens with one attached hydrogen (secondary N) is 1. The van der Waals surface area contributed by atoms with Gasteiger partial charge in [-0.1, -0.05) is 29.4 Å². The molecule has 3 aromatic rings. The van der Waals surface area contributed by atoms with Gasteiger partial charge in [0.25, 0.3) is 11.8 Å². The second-order valence-electron chi connectivity index (χ2n) is 4.67. The van der Waals surface area contributed by atoms with E-state index in [1.807, 2.05) is 18.2 Å². The van der Waals surface area contributed by atoms with Gasteiger partial charge in [0.05, 0.1) is 12.1 Å². The third-order valence-electron chi connectivity index (χ3n) is 3.09. The summed E-state index contributed by atoms with van der Waals surface area (Å²) in [4.78, 5) is 16.0. The molecule has 1 N–H and O–H groups in total. The van der Waals surface area contributed by atoms with Crippen LogP contribution in [0.15, 0.2) is 53.1 Å². The van der Waals surface area contributed by atoms with Crippen LogP contribution < -0.4 is 5.32 Å². The van der Waals surface area contributed by atoms with E-state index >= 15 is 0 Å². The lowest BCUT2D eigenvalue weighted by molar-refractivity contribution is 0.0944. The minimum atomic E-state index is -1.19. The highest BCUT2D eigenvalue weighted by Crippen LogP contribution is 2.16. The number of benzene rings is 2. The summed E-state index contributed by atoms with van der Waals surface area (Å²) in [7, 11) is 0. The first kappa shape index (κ1) is 14.8. The van der Waals surface area contributed by atoms with Crippen LogP contribution in [0.4, 0.5) is 8.78 Å². The molecule has 0 fully saturated rings. The molecule has 0 aliphatic heterocycles. The summed E-state index contributed by atoms with van der Waals surface area (Å²) < 4.78 is 31.7. The molecule has 116 valence electrons. The van der Waals surface area contributed by atoms with Crippen LogP contribution in [0.3, 0.4) is 0 Å². The Balaban J connectivity index is 1.68. The first-order valence-electron chi connectivity index (χ1n) is 6.75. The zero-order chi connectivity index (χ0) is 16.2. The van der Waals surface area contributed by atoms with Crippen molar-refractivity contribution >= 4 is 5.91 Å². The third kappa shape index (κ3) is 3.23. The van der Waals surface area contributed by atoms with Crippen molar-refractivity contribution in [1.29, 1.82) is 0 Å². The molecule has 0 bridgehead atoms. The van der Waals surface area contributed by atoms with E-state index in [0.29, 0.717) is 5.89 Å². The van der Waals surface area contributed by atoms with Crippen molar-refractivity contribution < 1.29 is 18.1 Å². The number of amides is 1. The zero-order valence-corrected chi connectivity index (χ0v) is 11.8. The van der Waals surface area contributed by atoms with Crippen LogP contribution in [-0.4, -0.2) is 16.0 Å². The second kappa shape index (κ2) is 6.35. The minimum Gasteiger partial charge on any atom is -0.345 e. The normalized spacial score (nSPS) is 10.5. The molecular formula is C16H11F2N3O2. The Labute approximate surface area is 130 Å². The van der Waals surface area contributed by atoms with Crippen LogP contribution in [0, 0.1) is 11.6 Å². The number of hydrogen-bond donors (Lipinski definition) is 1. The number of carbonyl (C=O) groups excluding carboxylic acids is 1. The van der Waals surface area contributed by atoms with Crippen molar-refractivity contribution in [2.75, 3.05) is 0 Å². The summed E-state index contributed by atoms with van der Waals surface area (Å²) in [6.07, 6.45) is 0. The molecule has 3 rings (SSSR count). The topological polar surface area (TPSA) is 68.0 Å². The molecule has 0 atom stereocenters. The van der Waals surface area contributed by atoms with Gasteiger partial charge < -0.3 is 9.84 Å². The third-order valence-corrected chi connectivity index (χ3v) is 3.09. The number of halogens is 2. The number of aromatic nitrogens is 2. The maximum absolute atomic E-state index is 13.5. The molecular weight excluding hydrogens is 304 g/mol. The highest BCUT2D eigenvalue weighted by molar-refractivity contribution is 5.94. The zero-order valence-electron chi connectivity index (χ0n) is 11.8. The molecule has 0 aliphatic carbocycles. The Hall–Kier alpha value is -3.09. The number of nitrogens with zero attached hydrogens (tertiary/aromatic N) is 2. The molecule has 7 heteroatoms. The van der Waals surface area contributed by atoms with E-state index in [1.54, 1.807) is 12.1 Å². The molecule has 0 aliphatic rings. The van der Waals surface area contributed by atoms with E-state index < -0.39 is 17.5 Å². The Morgan fingerprint density at radius 3 is 2.65 bits per heavy atom. The van der Waals surface area contributed by atoms with Crippen molar-refractivity contribution in [1.82, 2.24) is 15.5 Å². The van der Waals surface area contributed by atoms with Gasteiger partial charge in [-0.2, -0.15) is 4.98 Å². The average molecular weight is 315 g/mol. The molecule has 5 nitrogen and oxygen atoms in total. The number of carbonyl (C=O) groups is 1. The fourth-order valence-corrected chi connectivity index (χ4v) is 1.96. The lowest BCUT2D eigenvalue weighted by Gasteiger charge is -2.04. The summed E-state index contributed by atoms with van der Waals surface area (Å²) in [5.41, 5.74) is 0.366. The van der Waals surface area contributed by atoms with Crippen LogP contribution in [-0.2, 0) is 6.54 Å². The quantitative estimate of drug-likeness (QED) is 0.804. The first-order chi connectivity index (χ1) is 11.1. The monoisotopic (exact) mass is 315 g/mol. The van der Waals surface area contributed by atoms with Crippen molar-refractivity contribution in [3.8, 4) is 11.5 Å².